The fourth-order valence-electron chi connectivity index (χ4n) is 4.84. The van der Waals surface area contributed by atoms with Gasteiger partial charge in [0.15, 0.2) is 0 Å². The summed E-state index contributed by atoms with van der Waals surface area (Å²) in [6.45, 7) is 1.27. The van der Waals surface area contributed by atoms with Crippen LogP contribution in [0.5, 0.6) is 0 Å². The third-order valence-electron chi connectivity index (χ3n) is 6.88. The summed E-state index contributed by atoms with van der Waals surface area (Å²) in [6.07, 6.45) is -0.253. The van der Waals surface area contributed by atoms with Crippen molar-refractivity contribution in [3.8, 4) is 0 Å². The maximum atomic E-state index is 14.4. The van der Waals surface area contributed by atoms with E-state index in [9.17, 15) is 32.3 Å². The molecule has 0 bridgehead atoms. The third-order valence-corrected chi connectivity index (χ3v) is 7.99. The molecule has 2 fully saturated rings. The lowest BCUT2D eigenvalue weighted by Crippen LogP contribution is -2.54. The van der Waals surface area contributed by atoms with Crippen molar-refractivity contribution in [1.29, 1.82) is 0 Å². The van der Waals surface area contributed by atoms with Crippen molar-refractivity contribution in [3.05, 3.63) is 64.5 Å². The number of alkyl halides is 2. The molecule has 2 aromatic rings. The molecule has 7 nitrogen and oxygen atoms in total. The Kier molecular flexibility index (Phi) is 6.84. The molecule has 3 aliphatic rings. The van der Waals surface area contributed by atoms with Gasteiger partial charge in [-0.3, -0.25) is 34.3 Å². The molecule has 1 unspecified atom stereocenters. The van der Waals surface area contributed by atoms with E-state index in [-0.39, 0.29) is 36.8 Å². The van der Waals surface area contributed by atoms with Gasteiger partial charge in [0.1, 0.15) is 11.9 Å². The number of thioether (sulfide) groups is 1. The van der Waals surface area contributed by atoms with Gasteiger partial charge in [-0.15, -0.1) is 11.8 Å². The van der Waals surface area contributed by atoms with Crippen LogP contribution in [-0.4, -0.2) is 58.5 Å². The zero-order valence-corrected chi connectivity index (χ0v) is 20.6. The lowest BCUT2D eigenvalue weighted by molar-refractivity contribution is -0.136. The molecule has 194 valence electrons. The first-order chi connectivity index (χ1) is 17.6. The van der Waals surface area contributed by atoms with Crippen LogP contribution in [0.3, 0.4) is 0 Å². The molecular formula is C26H24F3N3O4S. The zero-order valence-electron chi connectivity index (χ0n) is 19.8. The Labute approximate surface area is 215 Å². The summed E-state index contributed by atoms with van der Waals surface area (Å²) in [6, 6.07) is 8.69. The van der Waals surface area contributed by atoms with Crippen LogP contribution in [0.15, 0.2) is 41.3 Å². The van der Waals surface area contributed by atoms with Gasteiger partial charge in [-0.25, -0.2) is 13.2 Å². The van der Waals surface area contributed by atoms with Gasteiger partial charge in [0.05, 0.1) is 11.1 Å². The van der Waals surface area contributed by atoms with Crippen molar-refractivity contribution in [2.75, 3.05) is 13.1 Å². The number of benzene rings is 2. The summed E-state index contributed by atoms with van der Waals surface area (Å²) in [5, 5.41) is 2.14. The minimum Gasteiger partial charge on any atom is -0.299 e. The predicted molar refractivity (Wildman–Crippen MR) is 129 cm³/mol. The van der Waals surface area contributed by atoms with E-state index in [1.165, 1.54) is 17.8 Å². The molecular weight excluding hydrogens is 507 g/mol. The zero-order chi connectivity index (χ0) is 26.3. The van der Waals surface area contributed by atoms with Gasteiger partial charge in [-0.05, 0) is 29.7 Å². The van der Waals surface area contributed by atoms with Crippen molar-refractivity contribution in [1.82, 2.24) is 15.1 Å². The summed E-state index contributed by atoms with van der Waals surface area (Å²) < 4.78 is 41.1. The highest BCUT2D eigenvalue weighted by Crippen LogP contribution is 2.36. The second kappa shape index (κ2) is 9.94. The SMILES string of the molecule is O=C1CCC(N2C(=O)c3cc(F)cc(SCc4ccc(CN5CCC(F)(F)CC5)cc4)c3C2=O)C(=O)N1. The van der Waals surface area contributed by atoms with Crippen molar-refractivity contribution >= 4 is 35.4 Å². The summed E-state index contributed by atoms with van der Waals surface area (Å²) in [5.41, 5.74) is 1.85. The van der Waals surface area contributed by atoms with Crippen LogP contribution in [0.1, 0.15) is 57.5 Å². The molecule has 3 aliphatic heterocycles. The van der Waals surface area contributed by atoms with Crippen LogP contribution in [0.25, 0.3) is 0 Å². The highest BCUT2D eigenvalue weighted by atomic mass is 32.2. The van der Waals surface area contributed by atoms with E-state index < -0.39 is 41.4 Å². The van der Waals surface area contributed by atoms with Crippen LogP contribution in [0.4, 0.5) is 13.2 Å². The van der Waals surface area contributed by atoms with Crippen LogP contribution < -0.4 is 5.32 Å². The fourth-order valence-corrected chi connectivity index (χ4v) is 5.89. The molecule has 2 saturated heterocycles. The number of amides is 4. The Hall–Kier alpha value is -3.18. The van der Waals surface area contributed by atoms with E-state index in [0.29, 0.717) is 30.3 Å². The van der Waals surface area contributed by atoms with Gasteiger partial charge in [-0.1, -0.05) is 24.3 Å². The first-order valence-corrected chi connectivity index (χ1v) is 13.0. The highest BCUT2D eigenvalue weighted by Gasteiger charge is 2.46. The highest BCUT2D eigenvalue weighted by molar-refractivity contribution is 7.98. The monoisotopic (exact) mass is 531 g/mol. The quantitative estimate of drug-likeness (QED) is 0.452. The smallest absolute Gasteiger partial charge is 0.263 e. The van der Waals surface area contributed by atoms with Gasteiger partial charge in [-0.2, -0.15) is 0 Å². The molecule has 37 heavy (non-hydrogen) atoms. The molecule has 1 atom stereocenters. The molecule has 4 amide bonds. The van der Waals surface area contributed by atoms with Gasteiger partial charge in [0.2, 0.25) is 11.8 Å². The average Bonchev–Trinajstić information content (AvgIpc) is 3.09. The maximum Gasteiger partial charge on any atom is 0.263 e. The van der Waals surface area contributed by atoms with E-state index in [1.807, 2.05) is 29.2 Å². The molecule has 0 aromatic heterocycles. The van der Waals surface area contributed by atoms with Gasteiger partial charge in [0.25, 0.3) is 17.7 Å². The Morgan fingerprint density at radius 1 is 0.973 bits per heavy atom. The number of imide groups is 2. The van der Waals surface area contributed by atoms with Crippen LogP contribution in [0, 0.1) is 5.82 Å². The summed E-state index contributed by atoms with van der Waals surface area (Å²) in [5.74, 6) is -5.49. The lowest BCUT2D eigenvalue weighted by atomic mass is 10.0. The van der Waals surface area contributed by atoms with E-state index in [4.69, 9.17) is 0 Å². The second-order valence-electron chi connectivity index (χ2n) is 9.51. The summed E-state index contributed by atoms with van der Waals surface area (Å²) in [4.78, 5) is 53.0. The van der Waals surface area contributed by atoms with E-state index in [1.54, 1.807) is 0 Å². The molecule has 0 spiro atoms. The molecule has 3 heterocycles. The molecule has 0 radical (unpaired) electrons. The standard InChI is InChI=1S/C26H24F3N3O4S/c27-17-11-18-22(25(36)32(24(18)35)19-5-6-21(33)30-23(19)34)20(12-17)37-14-16-3-1-15(2-4-16)13-31-9-7-26(28,29)8-10-31/h1-4,11-12,19H,5-10,13-14H2,(H,30,33,34). The Balaban J connectivity index is 1.27. The number of fused-ring (bicyclic) bond motifs is 1. The van der Waals surface area contributed by atoms with Crippen LogP contribution in [0.2, 0.25) is 0 Å². The number of piperidine rings is 2. The van der Waals surface area contributed by atoms with Crippen molar-refractivity contribution < 1.29 is 32.3 Å². The number of carbonyl (C=O) groups excluding carboxylic acids is 4. The topological polar surface area (TPSA) is 86.8 Å². The minimum atomic E-state index is -2.58. The van der Waals surface area contributed by atoms with Crippen LogP contribution >= 0.6 is 11.8 Å². The fraction of sp³-hybridized carbons (Fsp3) is 0.385. The number of hydrogen-bond donors (Lipinski definition) is 1. The Morgan fingerprint density at radius 2 is 1.65 bits per heavy atom. The molecule has 1 N–H and O–H groups in total. The molecule has 2 aromatic carbocycles. The Bertz CT molecular complexity index is 1270. The second-order valence-corrected chi connectivity index (χ2v) is 10.5. The first kappa shape index (κ1) is 25.5. The number of likely N-dealkylation sites (tertiary alicyclic amines) is 1. The van der Waals surface area contributed by atoms with E-state index >= 15 is 0 Å². The Morgan fingerprint density at radius 3 is 2.32 bits per heavy atom. The molecule has 5 rings (SSSR count). The molecule has 11 heteroatoms. The molecule has 0 aliphatic carbocycles. The number of carbonyl (C=O) groups is 4. The van der Waals surface area contributed by atoms with E-state index in [0.717, 1.165) is 22.1 Å². The van der Waals surface area contributed by atoms with E-state index in [2.05, 4.69) is 5.32 Å². The van der Waals surface area contributed by atoms with Crippen LogP contribution in [-0.2, 0) is 21.9 Å². The van der Waals surface area contributed by atoms with Crippen molar-refractivity contribution in [3.63, 3.8) is 0 Å². The number of halogens is 3. The van der Waals surface area contributed by atoms with Gasteiger partial charge in [0, 0.05) is 49.5 Å². The van der Waals surface area contributed by atoms with Crippen molar-refractivity contribution in [2.24, 2.45) is 0 Å². The minimum absolute atomic E-state index is 0.0000140. The average molecular weight is 532 g/mol. The van der Waals surface area contributed by atoms with Gasteiger partial charge >= 0.3 is 0 Å². The normalized spacial score (nSPS) is 21.8. The number of rotatable bonds is 6. The largest absolute Gasteiger partial charge is 0.299 e. The van der Waals surface area contributed by atoms with Crippen molar-refractivity contribution in [2.45, 2.75) is 54.8 Å². The maximum absolute atomic E-state index is 14.4. The summed E-state index contributed by atoms with van der Waals surface area (Å²) >= 11 is 1.20. The summed E-state index contributed by atoms with van der Waals surface area (Å²) in [7, 11) is 0. The predicted octanol–water partition coefficient (Wildman–Crippen LogP) is 3.75. The first-order valence-electron chi connectivity index (χ1n) is 12.0. The lowest BCUT2D eigenvalue weighted by Gasteiger charge is -2.31. The molecule has 0 saturated carbocycles. The third kappa shape index (κ3) is 5.28. The van der Waals surface area contributed by atoms with Gasteiger partial charge < -0.3 is 0 Å². The number of hydrogen-bond acceptors (Lipinski definition) is 6. The number of nitrogens with zero attached hydrogens (tertiary/aromatic N) is 2. The number of nitrogens with one attached hydrogen (secondary N) is 1.